The van der Waals surface area contributed by atoms with Crippen LogP contribution in [0.25, 0.3) is 0 Å². The molecule has 84 valence electrons. The van der Waals surface area contributed by atoms with Gasteiger partial charge in [0.05, 0.1) is 12.5 Å². The average Bonchev–Trinajstić information content (AvgIpc) is 2.76. The Hall–Kier alpha value is -0.570. The van der Waals surface area contributed by atoms with Gasteiger partial charge in [-0.15, -0.1) is 0 Å². The van der Waals surface area contributed by atoms with E-state index in [1.165, 1.54) is 0 Å². The summed E-state index contributed by atoms with van der Waals surface area (Å²) in [7, 11) is 0. The van der Waals surface area contributed by atoms with Crippen LogP contribution in [0.5, 0.6) is 0 Å². The molecular weight excluding hydrogens is 208 g/mol. The standard InChI is InChI=1S/C12H18O2S/c1-11(5-3-7-13-11)9-15-10-12(2)6-4-8-14-12/h3-4,7-8H,5-6,9-10H2,1-2H3. The predicted octanol–water partition coefficient (Wildman–Crippen LogP) is 3.11. The van der Waals surface area contributed by atoms with Crippen molar-refractivity contribution in [3.63, 3.8) is 0 Å². The first-order valence-corrected chi connectivity index (χ1v) is 6.51. The van der Waals surface area contributed by atoms with E-state index in [1.54, 1.807) is 0 Å². The fraction of sp³-hybridized carbons (Fsp3) is 0.667. The summed E-state index contributed by atoms with van der Waals surface area (Å²) in [5, 5.41) is 0. The van der Waals surface area contributed by atoms with Crippen molar-refractivity contribution in [2.45, 2.75) is 37.9 Å². The third kappa shape index (κ3) is 2.71. The highest BCUT2D eigenvalue weighted by Gasteiger charge is 2.31. The van der Waals surface area contributed by atoms with Crippen LogP contribution in [0.2, 0.25) is 0 Å². The number of ether oxygens (including phenoxy) is 2. The molecule has 0 aromatic carbocycles. The Morgan fingerprint density at radius 3 is 1.80 bits per heavy atom. The van der Waals surface area contributed by atoms with Crippen molar-refractivity contribution in [1.82, 2.24) is 0 Å². The number of hydrogen-bond donors (Lipinski definition) is 0. The fourth-order valence-electron chi connectivity index (χ4n) is 1.78. The van der Waals surface area contributed by atoms with Crippen LogP contribution in [0.1, 0.15) is 26.7 Å². The van der Waals surface area contributed by atoms with Crippen molar-refractivity contribution in [1.29, 1.82) is 0 Å². The van der Waals surface area contributed by atoms with Crippen LogP contribution < -0.4 is 0 Å². The van der Waals surface area contributed by atoms with Crippen LogP contribution in [0.3, 0.4) is 0 Å². The van der Waals surface area contributed by atoms with Gasteiger partial charge in [0.1, 0.15) is 11.2 Å². The summed E-state index contributed by atoms with van der Waals surface area (Å²) in [6, 6.07) is 0. The van der Waals surface area contributed by atoms with E-state index in [9.17, 15) is 0 Å². The van der Waals surface area contributed by atoms with E-state index < -0.39 is 0 Å². The summed E-state index contributed by atoms with van der Waals surface area (Å²) in [5.74, 6) is 2.05. The SMILES string of the molecule is CC1(CSCC2(C)CC=CO2)CC=CO1. The molecule has 0 aromatic heterocycles. The molecule has 0 spiro atoms. The highest BCUT2D eigenvalue weighted by atomic mass is 32.2. The molecule has 0 amide bonds. The summed E-state index contributed by atoms with van der Waals surface area (Å²) >= 11 is 1.92. The largest absolute Gasteiger partial charge is 0.494 e. The van der Waals surface area contributed by atoms with Crippen LogP contribution in [0.4, 0.5) is 0 Å². The first kappa shape index (κ1) is 10.9. The van der Waals surface area contributed by atoms with Gasteiger partial charge in [-0.05, 0) is 26.0 Å². The van der Waals surface area contributed by atoms with E-state index in [2.05, 4.69) is 26.0 Å². The third-order valence-electron chi connectivity index (χ3n) is 2.81. The van der Waals surface area contributed by atoms with E-state index >= 15 is 0 Å². The molecule has 2 nitrogen and oxygen atoms in total. The second-order valence-corrected chi connectivity index (χ2v) is 5.77. The molecule has 0 aliphatic carbocycles. The molecule has 0 bridgehead atoms. The Balaban J connectivity index is 1.70. The van der Waals surface area contributed by atoms with E-state index in [1.807, 2.05) is 24.3 Å². The minimum Gasteiger partial charge on any atom is -0.494 e. The molecule has 2 rings (SSSR count). The molecule has 2 aliphatic heterocycles. The summed E-state index contributed by atoms with van der Waals surface area (Å²) in [6.45, 7) is 4.33. The van der Waals surface area contributed by atoms with E-state index in [0.29, 0.717) is 0 Å². The Morgan fingerprint density at radius 2 is 1.47 bits per heavy atom. The maximum absolute atomic E-state index is 5.58. The topological polar surface area (TPSA) is 18.5 Å². The normalized spacial score (nSPS) is 38.0. The molecule has 2 atom stereocenters. The molecule has 0 N–H and O–H groups in total. The molecule has 0 aromatic rings. The maximum Gasteiger partial charge on any atom is 0.118 e. The highest BCUT2D eigenvalue weighted by molar-refractivity contribution is 7.99. The van der Waals surface area contributed by atoms with Crippen LogP contribution in [-0.4, -0.2) is 22.7 Å². The quantitative estimate of drug-likeness (QED) is 0.734. The van der Waals surface area contributed by atoms with Gasteiger partial charge in [-0.1, -0.05) is 0 Å². The highest BCUT2D eigenvalue weighted by Crippen LogP contribution is 2.31. The minimum absolute atomic E-state index is 0.00700. The van der Waals surface area contributed by atoms with Crippen LogP contribution in [-0.2, 0) is 9.47 Å². The third-order valence-corrected chi connectivity index (χ3v) is 4.44. The van der Waals surface area contributed by atoms with Gasteiger partial charge in [0.2, 0.25) is 0 Å². The lowest BCUT2D eigenvalue weighted by Crippen LogP contribution is -2.30. The van der Waals surface area contributed by atoms with E-state index in [-0.39, 0.29) is 11.2 Å². The van der Waals surface area contributed by atoms with Gasteiger partial charge in [0, 0.05) is 24.3 Å². The fourth-order valence-corrected chi connectivity index (χ4v) is 3.12. The smallest absolute Gasteiger partial charge is 0.118 e. The lowest BCUT2D eigenvalue weighted by atomic mass is 10.1. The summed E-state index contributed by atoms with van der Waals surface area (Å²) in [5.41, 5.74) is 0.0140. The Labute approximate surface area is 95.7 Å². The average molecular weight is 226 g/mol. The molecule has 2 heterocycles. The van der Waals surface area contributed by atoms with Crippen molar-refractivity contribution in [2.75, 3.05) is 11.5 Å². The summed E-state index contributed by atoms with van der Waals surface area (Å²) in [4.78, 5) is 0. The first-order chi connectivity index (χ1) is 7.12. The molecule has 15 heavy (non-hydrogen) atoms. The molecule has 0 saturated carbocycles. The molecule has 0 fully saturated rings. The van der Waals surface area contributed by atoms with Gasteiger partial charge in [-0.25, -0.2) is 0 Å². The number of thioether (sulfide) groups is 1. The monoisotopic (exact) mass is 226 g/mol. The second-order valence-electron chi connectivity index (χ2n) is 4.78. The van der Waals surface area contributed by atoms with Gasteiger partial charge in [0.15, 0.2) is 0 Å². The summed E-state index contributed by atoms with van der Waals surface area (Å²) in [6.07, 6.45) is 9.86. The van der Waals surface area contributed by atoms with Crippen molar-refractivity contribution in [3.8, 4) is 0 Å². The Kier molecular flexibility index (Phi) is 3.01. The van der Waals surface area contributed by atoms with Crippen molar-refractivity contribution in [3.05, 3.63) is 24.7 Å². The van der Waals surface area contributed by atoms with E-state index in [0.717, 1.165) is 24.3 Å². The first-order valence-electron chi connectivity index (χ1n) is 5.35. The zero-order chi connectivity index (χ0) is 10.8. The molecular formula is C12H18O2S. The second kappa shape index (κ2) is 4.12. The van der Waals surface area contributed by atoms with Crippen LogP contribution in [0.15, 0.2) is 24.7 Å². The lowest BCUT2D eigenvalue weighted by molar-refractivity contribution is 0.0825. The van der Waals surface area contributed by atoms with Gasteiger partial charge < -0.3 is 9.47 Å². The molecule has 2 aliphatic rings. The van der Waals surface area contributed by atoms with Gasteiger partial charge in [-0.2, -0.15) is 11.8 Å². The van der Waals surface area contributed by atoms with Crippen molar-refractivity contribution >= 4 is 11.8 Å². The maximum atomic E-state index is 5.58. The van der Waals surface area contributed by atoms with Crippen LogP contribution >= 0.6 is 11.8 Å². The molecule has 0 radical (unpaired) electrons. The predicted molar refractivity (Wildman–Crippen MR) is 63.8 cm³/mol. The number of hydrogen-bond acceptors (Lipinski definition) is 3. The molecule has 3 heteroatoms. The Morgan fingerprint density at radius 1 is 1.00 bits per heavy atom. The zero-order valence-electron chi connectivity index (χ0n) is 9.36. The van der Waals surface area contributed by atoms with Gasteiger partial charge in [-0.3, -0.25) is 0 Å². The Bertz CT molecular complexity index is 239. The minimum atomic E-state index is 0.00700. The van der Waals surface area contributed by atoms with Crippen LogP contribution in [0, 0.1) is 0 Å². The van der Waals surface area contributed by atoms with Gasteiger partial charge >= 0.3 is 0 Å². The molecule has 0 saturated heterocycles. The summed E-state index contributed by atoms with van der Waals surface area (Å²) < 4.78 is 11.2. The lowest BCUT2D eigenvalue weighted by Gasteiger charge is -2.27. The molecule has 2 unspecified atom stereocenters. The zero-order valence-corrected chi connectivity index (χ0v) is 10.2. The van der Waals surface area contributed by atoms with Crippen molar-refractivity contribution in [2.24, 2.45) is 0 Å². The van der Waals surface area contributed by atoms with Gasteiger partial charge in [0.25, 0.3) is 0 Å². The number of rotatable bonds is 4. The van der Waals surface area contributed by atoms with E-state index in [4.69, 9.17) is 9.47 Å². The van der Waals surface area contributed by atoms with Crippen molar-refractivity contribution < 1.29 is 9.47 Å².